The first-order valence-corrected chi connectivity index (χ1v) is 6.11. The van der Waals surface area contributed by atoms with Crippen molar-refractivity contribution in [2.24, 2.45) is 0 Å². The average Bonchev–Trinajstić information content (AvgIpc) is 2.50. The van der Waals surface area contributed by atoms with Gasteiger partial charge in [-0.15, -0.1) is 11.6 Å². The lowest BCUT2D eigenvalue weighted by atomic mass is 9.91. The van der Waals surface area contributed by atoms with Crippen LogP contribution in [-0.2, 0) is 0 Å². The smallest absolute Gasteiger partial charge is 0.126 e. The summed E-state index contributed by atoms with van der Waals surface area (Å²) in [6, 6.07) is 4.80. The fourth-order valence-corrected chi connectivity index (χ4v) is 2.38. The molecule has 0 N–H and O–H groups in total. The van der Waals surface area contributed by atoms with Gasteiger partial charge in [0.15, 0.2) is 0 Å². The molecule has 0 saturated carbocycles. The molecular formula is C13H16ClFO. The molecule has 0 saturated heterocycles. The summed E-state index contributed by atoms with van der Waals surface area (Å²) >= 11 is 5.96. The zero-order chi connectivity index (χ0) is 11.7. The summed E-state index contributed by atoms with van der Waals surface area (Å²) in [6.07, 6.45) is 2.06. The highest BCUT2D eigenvalue weighted by Crippen LogP contribution is 2.41. The quantitative estimate of drug-likeness (QED) is 0.726. The van der Waals surface area contributed by atoms with Crippen LogP contribution in [0.3, 0.4) is 0 Å². The van der Waals surface area contributed by atoms with Gasteiger partial charge in [0.25, 0.3) is 0 Å². The first-order chi connectivity index (χ1) is 7.58. The van der Waals surface area contributed by atoms with Crippen molar-refractivity contribution in [3.63, 3.8) is 0 Å². The Morgan fingerprint density at radius 1 is 1.50 bits per heavy atom. The SMILES string of the molecule is CC(Cl)CCC1c2ccc(F)cc2OC1C. The third kappa shape index (κ3) is 2.32. The lowest BCUT2D eigenvalue weighted by molar-refractivity contribution is 0.219. The van der Waals surface area contributed by atoms with Crippen LogP contribution in [0.5, 0.6) is 5.75 Å². The van der Waals surface area contributed by atoms with Crippen LogP contribution in [-0.4, -0.2) is 11.5 Å². The van der Waals surface area contributed by atoms with Gasteiger partial charge in [0.1, 0.15) is 17.7 Å². The van der Waals surface area contributed by atoms with E-state index in [4.69, 9.17) is 16.3 Å². The molecule has 1 aromatic carbocycles. The minimum atomic E-state index is -0.239. The molecule has 0 bridgehead atoms. The molecule has 1 aliphatic rings. The molecule has 88 valence electrons. The van der Waals surface area contributed by atoms with E-state index in [1.807, 2.05) is 19.9 Å². The monoisotopic (exact) mass is 242 g/mol. The second kappa shape index (κ2) is 4.62. The van der Waals surface area contributed by atoms with Crippen LogP contribution in [0.25, 0.3) is 0 Å². The van der Waals surface area contributed by atoms with Crippen molar-refractivity contribution in [2.45, 2.75) is 44.1 Å². The minimum Gasteiger partial charge on any atom is -0.490 e. The number of hydrogen-bond acceptors (Lipinski definition) is 1. The van der Waals surface area contributed by atoms with Gasteiger partial charge in [-0.1, -0.05) is 6.07 Å². The lowest BCUT2D eigenvalue weighted by Gasteiger charge is -2.15. The van der Waals surface area contributed by atoms with E-state index in [-0.39, 0.29) is 17.3 Å². The Labute approximate surface area is 101 Å². The summed E-state index contributed by atoms with van der Waals surface area (Å²) in [7, 11) is 0. The van der Waals surface area contributed by atoms with Gasteiger partial charge in [0, 0.05) is 22.9 Å². The maximum Gasteiger partial charge on any atom is 0.126 e. The highest BCUT2D eigenvalue weighted by molar-refractivity contribution is 6.20. The van der Waals surface area contributed by atoms with E-state index < -0.39 is 0 Å². The highest BCUT2D eigenvalue weighted by Gasteiger charge is 2.31. The van der Waals surface area contributed by atoms with Crippen LogP contribution in [0.15, 0.2) is 18.2 Å². The molecule has 2 rings (SSSR count). The molecule has 0 spiro atoms. The Morgan fingerprint density at radius 2 is 2.25 bits per heavy atom. The van der Waals surface area contributed by atoms with E-state index in [9.17, 15) is 4.39 Å². The lowest BCUT2D eigenvalue weighted by Crippen LogP contribution is -2.14. The minimum absolute atomic E-state index is 0.118. The first kappa shape index (κ1) is 11.7. The van der Waals surface area contributed by atoms with E-state index in [0.29, 0.717) is 11.7 Å². The molecule has 1 aliphatic heterocycles. The van der Waals surface area contributed by atoms with Gasteiger partial charge in [-0.2, -0.15) is 0 Å². The predicted octanol–water partition coefficient (Wildman–Crippen LogP) is 4.10. The summed E-state index contributed by atoms with van der Waals surface area (Å²) in [4.78, 5) is 0. The predicted molar refractivity (Wildman–Crippen MR) is 63.8 cm³/mol. The van der Waals surface area contributed by atoms with Crippen molar-refractivity contribution in [3.05, 3.63) is 29.6 Å². The molecule has 1 aromatic rings. The summed E-state index contributed by atoms with van der Waals surface area (Å²) in [5, 5.41) is 0.177. The standard InChI is InChI=1S/C13H16ClFO/c1-8(14)3-5-11-9(2)16-13-7-10(15)4-6-12(11)13/h4,6-9,11H,3,5H2,1-2H3. The number of fused-ring (bicyclic) bond motifs is 1. The molecule has 0 radical (unpaired) electrons. The molecule has 0 amide bonds. The zero-order valence-electron chi connectivity index (χ0n) is 9.54. The van der Waals surface area contributed by atoms with E-state index in [1.54, 1.807) is 0 Å². The Morgan fingerprint density at radius 3 is 2.94 bits per heavy atom. The Kier molecular flexibility index (Phi) is 3.38. The van der Waals surface area contributed by atoms with E-state index in [0.717, 1.165) is 18.4 Å². The summed E-state index contributed by atoms with van der Waals surface area (Å²) in [5.41, 5.74) is 1.12. The largest absolute Gasteiger partial charge is 0.490 e. The van der Waals surface area contributed by atoms with Crippen LogP contribution in [0.1, 0.15) is 38.2 Å². The van der Waals surface area contributed by atoms with Crippen LogP contribution in [0.2, 0.25) is 0 Å². The van der Waals surface area contributed by atoms with E-state index in [2.05, 4.69) is 0 Å². The van der Waals surface area contributed by atoms with Crippen molar-refractivity contribution in [2.75, 3.05) is 0 Å². The molecule has 1 heterocycles. The molecule has 3 unspecified atom stereocenters. The number of benzene rings is 1. The normalized spacial score (nSPS) is 25.0. The Hall–Kier alpha value is -0.760. The fourth-order valence-electron chi connectivity index (χ4n) is 2.25. The molecule has 0 fully saturated rings. The molecular weight excluding hydrogens is 227 g/mol. The topological polar surface area (TPSA) is 9.23 Å². The molecule has 0 aromatic heterocycles. The van der Waals surface area contributed by atoms with Crippen molar-refractivity contribution >= 4 is 11.6 Å². The molecule has 0 aliphatic carbocycles. The number of alkyl halides is 1. The summed E-state index contributed by atoms with van der Waals surface area (Å²) in [6.45, 7) is 4.02. The first-order valence-electron chi connectivity index (χ1n) is 5.68. The number of halogens is 2. The van der Waals surface area contributed by atoms with Crippen LogP contribution >= 0.6 is 11.6 Å². The highest BCUT2D eigenvalue weighted by atomic mass is 35.5. The third-order valence-electron chi connectivity index (χ3n) is 3.13. The molecule has 16 heavy (non-hydrogen) atoms. The van der Waals surface area contributed by atoms with Crippen molar-refractivity contribution in [1.82, 2.24) is 0 Å². The fraction of sp³-hybridized carbons (Fsp3) is 0.538. The maximum atomic E-state index is 13.0. The third-order valence-corrected chi connectivity index (χ3v) is 3.35. The molecule has 1 nitrogen and oxygen atoms in total. The van der Waals surface area contributed by atoms with Gasteiger partial charge in [-0.3, -0.25) is 0 Å². The zero-order valence-corrected chi connectivity index (χ0v) is 10.3. The number of ether oxygens (including phenoxy) is 1. The average molecular weight is 243 g/mol. The second-order valence-electron chi connectivity index (χ2n) is 4.47. The maximum absolute atomic E-state index is 13.0. The Balaban J connectivity index is 2.16. The van der Waals surface area contributed by atoms with Crippen LogP contribution in [0, 0.1) is 5.82 Å². The molecule has 3 atom stereocenters. The van der Waals surface area contributed by atoms with Crippen molar-refractivity contribution in [3.8, 4) is 5.75 Å². The Bertz CT molecular complexity index is 378. The van der Waals surface area contributed by atoms with Gasteiger partial charge >= 0.3 is 0 Å². The van der Waals surface area contributed by atoms with E-state index >= 15 is 0 Å². The van der Waals surface area contributed by atoms with Gasteiger partial charge < -0.3 is 4.74 Å². The second-order valence-corrected chi connectivity index (χ2v) is 5.21. The van der Waals surface area contributed by atoms with Gasteiger partial charge in [-0.25, -0.2) is 4.39 Å². The van der Waals surface area contributed by atoms with Crippen LogP contribution in [0.4, 0.5) is 4.39 Å². The van der Waals surface area contributed by atoms with Gasteiger partial charge in [-0.05, 0) is 32.8 Å². The van der Waals surface area contributed by atoms with Gasteiger partial charge in [0.2, 0.25) is 0 Å². The van der Waals surface area contributed by atoms with Crippen LogP contribution < -0.4 is 4.74 Å². The summed E-state index contributed by atoms with van der Waals surface area (Å²) in [5.74, 6) is 0.800. The number of hydrogen-bond donors (Lipinski definition) is 0. The van der Waals surface area contributed by atoms with E-state index in [1.165, 1.54) is 12.1 Å². The number of rotatable bonds is 3. The summed E-state index contributed by atoms with van der Waals surface area (Å²) < 4.78 is 18.7. The molecule has 3 heteroatoms. The van der Waals surface area contributed by atoms with Gasteiger partial charge in [0.05, 0.1) is 0 Å². The van der Waals surface area contributed by atoms with Crippen molar-refractivity contribution in [1.29, 1.82) is 0 Å². The van der Waals surface area contributed by atoms with Crippen molar-refractivity contribution < 1.29 is 9.13 Å².